The highest BCUT2D eigenvalue weighted by atomic mass is 16.2. The van der Waals surface area contributed by atoms with Gasteiger partial charge in [0.25, 0.3) is 5.91 Å². The van der Waals surface area contributed by atoms with E-state index in [2.05, 4.69) is 25.4 Å². The largest absolute Gasteiger partial charge is 0.337 e. The summed E-state index contributed by atoms with van der Waals surface area (Å²) < 4.78 is 1.69. The summed E-state index contributed by atoms with van der Waals surface area (Å²) in [6.07, 6.45) is 7.28. The molecule has 1 aliphatic carbocycles. The van der Waals surface area contributed by atoms with E-state index in [1.165, 1.54) is 29.8 Å². The van der Waals surface area contributed by atoms with Gasteiger partial charge in [-0.05, 0) is 37.0 Å². The van der Waals surface area contributed by atoms with Gasteiger partial charge in [-0.15, -0.1) is 10.2 Å². The maximum Gasteiger partial charge on any atom is 0.272 e. The Morgan fingerprint density at radius 1 is 1.12 bits per heavy atom. The van der Waals surface area contributed by atoms with Gasteiger partial charge in [-0.1, -0.05) is 6.07 Å². The molecule has 0 atom stereocenters. The molecular weight excluding hydrogens is 330 g/mol. The summed E-state index contributed by atoms with van der Waals surface area (Å²) in [6, 6.07) is 5.43. The van der Waals surface area contributed by atoms with Gasteiger partial charge >= 0.3 is 0 Å². The highest BCUT2D eigenvalue weighted by Crippen LogP contribution is 2.41. The van der Waals surface area contributed by atoms with E-state index in [0.717, 1.165) is 12.8 Å². The van der Waals surface area contributed by atoms with Crippen molar-refractivity contribution in [1.82, 2.24) is 34.8 Å². The molecule has 1 N–H and O–H groups in total. The molecule has 5 rings (SSSR count). The molecule has 4 heterocycles. The van der Waals surface area contributed by atoms with Crippen LogP contribution in [0.4, 0.5) is 0 Å². The third kappa shape index (κ3) is 2.67. The van der Waals surface area contributed by atoms with E-state index >= 15 is 0 Å². The number of aromatic nitrogens is 6. The molecule has 132 valence electrons. The van der Waals surface area contributed by atoms with Crippen LogP contribution in [0.15, 0.2) is 30.9 Å². The molecule has 1 amide bonds. The average Bonchev–Trinajstić information content (AvgIpc) is 3.28. The lowest BCUT2D eigenvalue weighted by atomic mass is 10.1. The number of fused-ring (bicyclic) bond motifs is 1. The molecule has 3 aromatic heterocycles. The molecule has 1 fully saturated rings. The first-order valence-corrected chi connectivity index (χ1v) is 8.97. The van der Waals surface area contributed by atoms with Gasteiger partial charge in [0.05, 0.1) is 5.69 Å². The number of carbonyl (C=O) groups is 1. The molecular formula is C18H19N7O. The van der Waals surface area contributed by atoms with Crippen LogP contribution in [-0.4, -0.2) is 53.8 Å². The zero-order valence-electron chi connectivity index (χ0n) is 14.3. The lowest BCUT2D eigenvalue weighted by Gasteiger charge is -2.20. The Bertz CT molecular complexity index is 942. The molecule has 2 aliphatic rings. The summed E-state index contributed by atoms with van der Waals surface area (Å²) in [5, 5.41) is 15.3. The van der Waals surface area contributed by atoms with Crippen molar-refractivity contribution in [1.29, 1.82) is 0 Å². The molecule has 1 aliphatic heterocycles. The zero-order valence-corrected chi connectivity index (χ0v) is 14.3. The molecule has 8 heteroatoms. The van der Waals surface area contributed by atoms with E-state index in [-0.39, 0.29) is 5.91 Å². The minimum absolute atomic E-state index is 0.0361. The van der Waals surface area contributed by atoms with Gasteiger partial charge in [0, 0.05) is 31.1 Å². The Morgan fingerprint density at radius 3 is 2.73 bits per heavy atom. The van der Waals surface area contributed by atoms with Crippen LogP contribution in [0.25, 0.3) is 5.82 Å². The number of nitrogens with one attached hydrogen (secondary N) is 1. The maximum atomic E-state index is 13.0. The van der Waals surface area contributed by atoms with Crippen molar-refractivity contribution in [3.63, 3.8) is 0 Å². The van der Waals surface area contributed by atoms with Crippen LogP contribution in [0.2, 0.25) is 0 Å². The van der Waals surface area contributed by atoms with Crippen molar-refractivity contribution in [2.24, 2.45) is 0 Å². The fraction of sp³-hybridized carbons (Fsp3) is 0.389. The molecule has 1 saturated carbocycles. The van der Waals surface area contributed by atoms with E-state index in [1.54, 1.807) is 23.3 Å². The highest BCUT2D eigenvalue weighted by molar-refractivity contribution is 5.92. The van der Waals surface area contributed by atoms with Gasteiger partial charge in [0.15, 0.2) is 0 Å². The van der Waals surface area contributed by atoms with Crippen LogP contribution in [-0.2, 0) is 12.8 Å². The van der Waals surface area contributed by atoms with Crippen LogP contribution in [0.3, 0.4) is 0 Å². The van der Waals surface area contributed by atoms with Crippen molar-refractivity contribution < 1.29 is 4.79 Å². The number of carbonyl (C=O) groups excluding carboxylic acids is 1. The minimum Gasteiger partial charge on any atom is -0.337 e. The van der Waals surface area contributed by atoms with Gasteiger partial charge in [-0.2, -0.15) is 5.10 Å². The van der Waals surface area contributed by atoms with E-state index in [1.807, 2.05) is 17.0 Å². The number of H-pyrrole nitrogens is 1. The molecule has 26 heavy (non-hydrogen) atoms. The van der Waals surface area contributed by atoms with Gasteiger partial charge in [-0.25, -0.2) is 4.98 Å². The third-order valence-electron chi connectivity index (χ3n) is 5.14. The van der Waals surface area contributed by atoms with Crippen molar-refractivity contribution in [2.75, 3.05) is 13.1 Å². The normalized spacial score (nSPS) is 17.0. The second-order valence-corrected chi connectivity index (χ2v) is 6.88. The Kier molecular flexibility index (Phi) is 3.55. The molecule has 0 radical (unpaired) electrons. The van der Waals surface area contributed by atoms with Gasteiger partial charge in [-0.3, -0.25) is 14.5 Å². The third-order valence-corrected chi connectivity index (χ3v) is 5.14. The summed E-state index contributed by atoms with van der Waals surface area (Å²) in [6.45, 7) is 1.38. The number of hydrogen-bond donors (Lipinski definition) is 1. The summed E-state index contributed by atoms with van der Waals surface area (Å²) in [7, 11) is 0. The Balaban J connectivity index is 1.36. The molecule has 8 nitrogen and oxygen atoms in total. The van der Waals surface area contributed by atoms with Crippen molar-refractivity contribution in [3.8, 4) is 5.82 Å². The Hall–Kier alpha value is -3.03. The summed E-state index contributed by atoms with van der Waals surface area (Å²) in [4.78, 5) is 19.4. The molecule has 0 aromatic carbocycles. The summed E-state index contributed by atoms with van der Waals surface area (Å²) >= 11 is 0. The number of amides is 1. The number of aromatic amines is 1. The second kappa shape index (κ2) is 6.05. The molecule has 0 saturated heterocycles. The van der Waals surface area contributed by atoms with Crippen molar-refractivity contribution in [2.45, 2.75) is 31.6 Å². The van der Waals surface area contributed by atoms with E-state index in [9.17, 15) is 4.79 Å². The topological polar surface area (TPSA) is 92.6 Å². The monoisotopic (exact) mass is 349 g/mol. The first-order chi connectivity index (χ1) is 12.8. The molecule has 3 aromatic rings. The summed E-state index contributed by atoms with van der Waals surface area (Å²) in [5.74, 6) is 1.23. The smallest absolute Gasteiger partial charge is 0.272 e. The Labute approximate surface area is 150 Å². The quantitative estimate of drug-likeness (QED) is 0.774. The van der Waals surface area contributed by atoms with Gasteiger partial charge < -0.3 is 4.90 Å². The van der Waals surface area contributed by atoms with Crippen molar-refractivity contribution >= 4 is 5.91 Å². The number of pyridine rings is 1. The van der Waals surface area contributed by atoms with Crippen LogP contribution in [0.1, 0.15) is 46.2 Å². The van der Waals surface area contributed by atoms with Crippen LogP contribution in [0.5, 0.6) is 0 Å². The van der Waals surface area contributed by atoms with Crippen LogP contribution in [0, 0.1) is 0 Å². The van der Waals surface area contributed by atoms with Crippen molar-refractivity contribution in [3.05, 3.63) is 53.5 Å². The highest BCUT2D eigenvalue weighted by Gasteiger charge is 2.31. The van der Waals surface area contributed by atoms with Gasteiger partial charge in [0.1, 0.15) is 24.2 Å². The lowest BCUT2D eigenvalue weighted by molar-refractivity contribution is 0.0756. The van der Waals surface area contributed by atoms with E-state index in [4.69, 9.17) is 0 Å². The van der Waals surface area contributed by atoms with E-state index < -0.39 is 0 Å². The number of rotatable bonds is 3. The number of hydrogen-bond acceptors (Lipinski definition) is 5. The van der Waals surface area contributed by atoms with E-state index in [0.29, 0.717) is 30.5 Å². The zero-order chi connectivity index (χ0) is 17.5. The Morgan fingerprint density at radius 2 is 1.92 bits per heavy atom. The summed E-state index contributed by atoms with van der Waals surface area (Å²) in [5.41, 5.74) is 4.19. The predicted octanol–water partition coefficient (Wildman–Crippen LogP) is 1.50. The SMILES string of the molecule is O=C(c1cccc(-n2cnnc2)n1)N1CCc2[nH]nc(C3CC3)c2CC1. The minimum atomic E-state index is -0.0361. The molecule has 0 bridgehead atoms. The second-order valence-electron chi connectivity index (χ2n) is 6.88. The fourth-order valence-electron chi connectivity index (χ4n) is 3.57. The van der Waals surface area contributed by atoms with Gasteiger partial charge in [0.2, 0.25) is 0 Å². The first kappa shape index (κ1) is 15.2. The maximum absolute atomic E-state index is 13.0. The standard InChI is InChI=1S/C18H19N7O/c26-18(15-2-1-3-16(21-15)25-10-19-20-11-25)24-8-6-13-14(7-9-24)22-23-17(13)12-4-5-12/h1-3,10-12H,4-9H2,(H,22,23). The lowest BCUT2D eigenvalue weighted by Crippen LogP contribution is -2.34. The van der Waals surface area contributed by atoms with Crippen LogP contribution >= 0.6 is 0 Å². The fourth-order valence-corrected chi connectivity index (χ4v) is 3.57. The van der Waals surface area contributed by atoms with Crippen LogP contribution < -0.4 is 0 Å². The average molecular weight is 349 g/mol. The number of nitrogens with zero attached hydrogens (tertiary/aromatic N) is 6. The molecule has 0 unspecified atom stereocenters. The predicted molar refractivity (Wildman–Crippen MR) is 93.0 cm³/mol. The first-order valence-electron chi connectivity index (χ1n) is 8.97. The molecule has 0 spiro atoms.